The quantitative estimate of drug-likeness (QED) is 0.613. The lowest BCUT2D eigenvalue weighted by atomic mass is 10.0. The van der Waals surface area contributed by atoms with Crippen LogP contribution in [0.3, 0.4) is 0 Å². The molecule has 0 aromatic carbocycles. The van der Waals surface area contributed by atoms with E-state index in [9.17, 15) is 4.79 Å². The van der Waals surface area contributed by atoms with E-state index in [0.717, 1.165) is 11.8 Å². The Kier molecular flexibility index (Phi) is 2.56. The lowest BCUT2D eigenvalue weighted by molar-refractivity contribution is -0.141. The predicted molar refractivity (Wildman–Crippen MR) is 50.2 cm³/mol. The summed E-state index contributed by atoms with van der Waals surface area (Å²) < 4.78 is 4.70. The third-order valence-corrected chi connectivity index (χ3v) is 3.77. The summed E-state index contributed by atoms with van der Waals surface area (Å²) in [5.41, 5.74) is 0. The first-order chi connectivity index (χ1) is 6.29. The summed E-state index contributed by atoms with van der Waals surface area (Å²) in [5.74, 6) is 2.48. The molecule has 2 heteroatoms. The highest BCUT2D eigenvalue weighted by atomic mass is 16.5. The average molecular weight is 182 g/mol. The van der Waals surface area contributed by atoms with Gasteiger partial charge in [-0.25, -0.2) is 0 Å². The Balaban J connectivity index is 1.82. The standard InChI is InChI=1S/C11H18O2/c1-13-11(12)7-8-5-9-3-2-4-10(9)6-8/h8-10H,2-7H2,1H3/t8?,9-,10?/m1/s1. The minimum Gasteiger partial charge on any atom is -0.469 e. The van der Waals surface area contributed by atoms with Crippen LogP contribution in [0.4, 0.5) is 0 Å². The monoisotopic (exact) mass is 182 g/mol. The molecule has 2 fully saturated rings. The molecule has 0 aromatic heterocycles. The van der Waals surface area contributed by atoms with E-state index in [1.54, 1.807) is 0 Å². The smallest absolute Gasteiger partial charge is 0.305 e. The van der Waals surface area contributed by atoms with Gasteiger partial charge in [-0.1, -0.05) is 19.3 Å². The highest BCUT2D eigenvalue weighted by Crippen LogP contribution is 2.47. The maximum absolute atomic E-state index is 11.1. The molecule has 2 nitrogen and oxygen atoms in total. The first kappa shape index (κ1) is 9.04. The molecule has 0 radical (unpaired) electrons. The molecule has 0 aliphatic heterocycles. The number of esters is 1. The molecule has 3 atom stereocenters. The van der Waals surface area contributed by atoms with Gasteiger partial charge in [0.05, 0.1) is 7.11 Å². The third kappa shape index (κ3) is 1.87. The highest BCUT2D eigenvalue weighted by Gasteiger charge is 2.37. The molecule has 2 aliphatic rings. The number of fused-ring (bicyclic) bond motifs is 1. The van der Waals surface area contributed by atoms with Crippen LogP contribution in [0, 0.1) is 17.8 Å². The number of carbonyl (C=O) groups excluding carboxylic acids is 1. The molecule has 2 rings (SSSR count). The van der Waals surface area contributed by atoms with Crippen LogP contribution in [0.2, 0.25) is 0 Å². The Morgan fingerprint density at radius 1 is 1.31 bits per heavy atom. The zero-order valence-electron chi connectivity index (χ0n) is 8.29. The molecule has 13 heavy (non-hydrogen) atoms. The van der Waals surface area contributed by atoms with Gasteiger partial charge in [0.1, 0.15) is 0 Å². The Morgan fingerprint density at radius 2 is 1.92 bits per heavy atom. The van der Waals surface area contributed by atoms with Crippen LogP contribution < -0.4 is 0 Å². The van der Waals surface area contributed by atoms with E-state index in [4.69, 9.17) is 4.74 Å². The summed E-state index contributed by atoms with van der Waals surface area (Å²) in [6.07, 6.45) is 7.44. The summed E-state index contributed by atoms with van der Waals surface area (Å²) in [6, 6.07) is 0. The SMILES string of the molecule is COC(=O)CC1CC2CCC[C@@H]2C1. The van der Waals surface area contributed by atoms with Gasteiger partial charge in [0.2, 0.25) is 0 Å². The zero-order chi connectivity index (χ0) is 9.26. The van der Waals surface area contributed by atoms with Gasteiger partial charge < -0.3 is 4.74 Å². The highest BCUT2D eigenvalue weighted by molar-refractivity contribution is 5.69. The fourth-order valence-electron chi connectivity index (χ4n) is 3.17. The molecular weight excluding hydrogens is 164 g/mol. The summed E-state index contributed by atoms with van der Waals surface area (Å²) in [6.45, 7) is 0. The Hall–Kier alpha value is -0.530. The molecule has 0 N–H and O–H groups in total. The maximum atomic E-state index is 11.1. The minimum atomic E-state index is -0.0232. The van der Waals surface area contributed by atoms with E-state index in [-0.39, 0.29) is 5.97 Å². The van der Waals surface area contributed by atoms with Crippen LogP contribution in [-0.4, -0.2) is 13.1 Å². The van der Waals surface area contributed by atoms with Crippen LogP contribution in [-0.2, 0) is 9.53 Å². The Bertz CT molecular complexity index is 188. The van der Waals surface area contributed by atoms with Crippen LogP contribution in [0.1, 0.15) is 38.5 Å². The third-order valence-electron chi connectivity index (χ3n) is 3.77. The van der Waals surface area contributed by atoms with Crippen molar-refractivity contribution in [1.82, 2.24) is 0 Å². The normalized spacial score (nSPS) is 37.5. The molecule has 0 amide bonds. The molecule has 0 heterocycles. The Morgan fingerprint density at radius 3 is 2.46 bits per heavy atom. The van der Waals surface area contributed by atoms with Crippen molar-refractivity contribution < 1.29 is 9.53 Å². The lowest BCUT2D eigenvalue weighted by Crippen LogP contribution is -2.07. The van der Waals surface area contributed by atoms with Crippen molar-refractivity contribution in [3.05, 3.63) is 0 Å². The van der Waals surface area contributed by atoms with Crippen molar-refractivity contribution in [2.45, 2.75) is 38.5 Å². The van der Waals surface area contributed by atoms with Gasteiger partial charge >= 0.3 is 5.97 Å². The fraction of sp³-hybridized carbons (Fsp3) is 0.909. The number of hydrogen-bond donors (Lipinski definition) is 0. The van der Waals surface area contributed by atoms with Gasteiger partial charge in [0.15, 0.2) is 0 Å². The predicted octanol–water partition coefficient (Wildman–Crippen LogP) is 2.38. The number of ether oxygens (including phenoxy) is 1. The number of carbonyl (C=O) groups is 1. The fourth-order valence-corrected chi connectivity index (χ4v) is 3.17. The second kappa shape index (κ2) is 3.69. The maximum Gasteiger partial charge on any atom is 0.305 e. The molecule has 2 unspecified atom stereocenters. The summed E-state index contributed by atoms with van der Waals surface area (Å²) in [5, 5.41) is 0. The first-order valence-electron chi connectivity index (χ1n) is 5.36. The molecule has 74 valence electrons. The topological polar surface area (TPSA) is 26.3 Å². The van der Waals surface area contributed by atoms with Gasteiger partial charge in [-0.2, -0.15) is 0 Å². The molecule has 0 bridgehead atoms. The molecule has 2 saturated carbocycles. The van der Waals surface area contributed by atoms with Gasteiger partial charge in [0.25, 0.3) is 0 Å². The van der Waals surface area contributed by atoms with Gasteiger partial charge in [-0.05, 0) is 30.6 Å². The molecule has 0 aromatic rings. The summed E-state index contributed by atoms with van der Waals surface area (Å²) in [4.78, 5) is 11.1. The van der Waals surface area contributed by atoms with Crippen molar-refractivity contribution in [2.75, 3.05) is 7.11 Å². The van der Waals surface area contributed by atoms with Gasteiger partial charge in [-0.15, -0.1) is 0 Å². The molecule has 0 spiro atoms. The van der Waals surface area contributed by atoms with Crippen molar-refractivity contribution >= 4 is 5.97 Å². The number of methoxy groups -OCH3 is 1. The zero-order valence-corrected chi connectivity index (χ0v) is 8.29. The van der Waals surface area contributed by atoms with Crippen LogP contribution in [0.5, 0.6) is 0 Å². The largest absolute Gasteiger partial charge is 0.469 e. The van der Waals surface area contributed by atoms with Crippen LogP contribution >= 0.6 is 0 Å². The number of rotatable bonds is 2. The second-order valence-corrected chi connectivity index (χ2v) is 4.57. The lowest BCUT2D eigenvalue weighted by Gasteiger charge is -2.08. The average Bonchev–Trinajstić information content (AvgIpc) is 2.63. The summed E-state index contributed by atoms with van der Waals surface area (Å²) >= 11 is 0. The first-order valence-corrected chi connectivity index (χ1v) is 5.36. The number of hydrogen-bond acceptors (Lipinski definition) is 2. The second-order valence-electron chi connectivity index (χ2n) is 4.57. The van der Waals surface area contributed by atoms with E-state index >= 15 is 0 Å². The van der Waals surface area contributed by atoms with Crippen molar-refractivity contribution in [3.63, 3.8) is 0 Å². The van der Waals surface area contributed by atoms with Gasteiger partial charge in [-0.3, -0.25) is 4.79 Å². The van der Waals surface area contributed by atoms with E-state index in [1.165, 1.54) is 39.2 Å². The van der Waals surface area contributed by atoms with Crippen molar-refractivity contribution in [1.29, 1.82) is 0 Å². The molecule has 0 saturated heterocycles. The van der Waals surface area contributed by atoms with Gasteiger partial charge in [0, 0.05) is 6.42 Å². The van der Waals surface area contributed by atoms with Crippen LogP contribution in [0.25, 0.3) is 0 Å². The van der Waals surface area contributed by atoms with Crippen LogP contribution in [0.15, 0.2) is 0 Å². The summed E-state index contributed by atoms with van der Waals surface area (Å²) in [7, 11) is 1.48. The van der Waals surface area contributed by atoms with E-state index < -0.39 is 0 Å². The molecule has 2 aliphatic carbocycles. The van der Waals surface area contributed by atoms with E-state index in [0.29, 0.717) is 12.3 Å². The van der Waals surface area contributed by atoms with E-state index in [2.05, 4.69) is 0 Å². The Labute approximate surface area is 79.7 Å². The van der Waals surface area contributed by atoms with Crippen molar-refractivity contribution in [3.8, 4) is 0 Å². The minimum absolute atomic E-state index is 0.0232. The van der Waals surface area contributed by atoms with E-state index in [1.807, 2.05) is 0 Å². The van der Waals surface area contributed by atoms with Crippen molar-refractivity contribution in [2.24, 2.45) is 17.8 Å². The molecular formula is C11H18O2.